The molecular formula is C11H11F3N2O2S. The second-order valence-electron chi connectivity index (χ2n) is 3.57. The van der Waals surface area contributed by atoms with Crippen LogP contribution in [0.3, 0.4) is 0 Å². The van der Waals surface area contributed by atoms with Gasteiger partial charge in [0.05, 0.1) is 5.69 Å². The van der Waals surface area contributed by atoms with Crippen molar-refractivity contribution in [1.82, 2.24) is 0 Å². The van der Waals surface area contributed by atoms with E-state index in [1.807, 2.05) is 0 Å². The number of thiocarbonyl (C=S) groups is 1. The predicted molar refractivity (Wildman–Crippen MR) is 67.8 cm³/mol. The van der Waals surface area contributed by atoms with Gasteiger partial charge in [-0.15, -0.1) is 0 Å². The maximum Gasteiger partial charge on any atom is 0.411 e. The summed E-state index contributed by atoms with van der Waals surface area (Å²) in [5.41, 5.74) is 6.21. The number of carbonyl (C=O) groups is 1. The minimum absolute atomic E-state index is 0.0760. The van der Waals surface area contributed by atoms with Crippen molar-refractivity contribution < 1.29 is 22.7 Å². The predicted octanol–water partition coefficient (Wildman–Crippen LogP) is 1.84. The number of nitrogens with two attached hydrogens (primary N) is 1. The molecule has 0 heterocycles. The number of nitrogens with one attached hydrogen (secondary N) is 1. The molecule has 0 unspecified atom stereocenters. The van der Waals surface area contributed by atoms with Crippen LogP contribution in [0.25, 0.3) is 0 Å². The lowest BCUT2D eigenvalue weighted by molar-refractivity contribution is -0.174. The molecule has 0 aromatic heterocycles. The molecule has 0 aliphatic heterocycles. The SMILES string of the molecule is NC(=S)c1ccccc1NC(=O)COCC(F)(F)F. The zero-order valence-electron chi connectivity index (χ0n) is 9.66. The minimum atomic E-state index is -4.46. The number of rotatable bonds is 5. The van der Waals surface area contributed by atoms with Gasteiger partial charge in [0.15, 0.2) is 0 Å². The van der Waals surface area contributed by atoms with Crippen LogP contribution in [0.1, 0.15) is 5.56 Å². The van der Waals surface area contributed by atoms with Crippen molar-refractivity contribution in [2.24, 2.45) is 5.73 Å². The largest absolute Gasteiger partial charge is 0.411 e. The highest BCUT2D eigenvalue weighted by Crippen LogP contribution is 2.16. The van der Waals surface area contributed by atoms with E-state index in [0.717, 1.165) is 0 Å². The summed E-state index contributed by atoms with van der Waals surface area (Å²) in [6.07, 6.45) is -4.46. The van der Waals surface area contributed by atoms with Gasteiger partial charge in [-0.1, -0.05) is 24.4 Å². The van der Waals surface area contributed by atoms with Gasteiger partial charge in [-0.3, -0.25) is 4.79 Å². The third-order valence-electron chi connectivity index (χ3n) is 1.97. The molecule has 0 spiro atoms. The number of carbonyl (C=O) groups excluding carboxylic acids is 1. The second-order valence-corrected chi connectivity index (χ2v) is 4.01. The Morgan fingerprint density at radius 2 is 2.00 bits per heavy atom. The highest BCUT2D eigenvalue weighted by atomic mass is 32.1. The Kier molecular flexibility index (Phi) is 5.25. The summed E-state index contributed by atoms with van der Waals surface area (Å²) in [6, 6.07) is 6.43. The Balaban J connectivity index is 2.56. The normalized spacial score (nSPS) is 11.1. The van der Waals surface area contributed by atoms with Gasteiger partial charge >= 0.3 is 6.18 Å². The third kappa shape index (κ3) is 5.66. The number of halogens is 3. The van der Waals surface area contributed by atoms with Crippen molar-refractivity contribution in [1.29, 1.82) is 0 Å². The average molecular weight is 292 g/mol. The van der Waals surface area contributed by atoms with Crippen LogP contribution in [-0.2, 0) is 9.53 Å². The fourth-order valence-corrected chi connectivity index (χ4v) is 1.43. The molecule has 0 atom stereocenters. The molecule has 1 amide bonds. The molecule has 0 aliphatic carbocycles. The molecule has 0 aliphatic rings. The van der Waals surface area contributed by atoms with Gasteiger partial charge in [0, 0.05) is 5.56 Å². The van der Waals surface area contributed by atoms with Crippen molar-refractivity contribution in [2.75, 3.05) is 18.5 Å². The van der Waals surface area contributed by atoms with Crippen molar-refractivity contribution in [3.63, 3.8) is 0 Å². The maximum atomic E-state index is 11.8. The summed E-state index contributed by atoms with van der Waals surface area (Å²) < 4.78 is 39.7. The first-order valence-electron chi connectivity index (χ1n) is 5.13. The van der Waals surface area contributed by atoms with E-state index in [1.54, 1.807) is 18.2 Å². The van der Waals surface area contributed by atoms with E-state index in [9.17, 15) is 18.0 Å². The number of para-hydroxylation sites is 1. The number of alkyl halides is 3. The van der Waals surface area contributed by atoms with E-state index < -0.39 is 25.3 Å². The third-order valence-corrected chi connectivity index (χ3v) is 2.19. The van der Waals surface area contributed by atoms with Crippen LogP contribution in [0.2, 0.25) is 0 Å². The lowest BCUT2D eigenvalue weighted by atomic mass is 10.2. The Bertz CT molecular complexity index is 477. The van der Waals surface area contributed by atoms with Gasteiger partial charge in [0.2, 0.25) is 5.91 Å². The summed E-state index contributed by atoms with van der Waals surface area (Å²) in [5, 5.41) is 2.38. The van der Waals surface area contributed by atoms with Crippen molar-refractivity contribution >= 4 is 28.8 Å². The van der Waals surface area contributed by atoms with E-state index in [2.05, 4.69) is 10.1 Å². The monoisotopic (exact) mass is 292 g/mol. The molecule has 8 heteroatoms. The molecule has 0 radical (unpaired) electrons. The molecule has 104 valence electrons. The fourth-order valence-electron chi connectivity index (χ4n) is 1.25. The Morgan fingerprint density at radius 3 is 2.58 bits per heavy atom. The van der Waals surface area contributed by atoms with Crippen LogP contribution in [0, 0.1) is 0 Å². The molecule has 3 N–H and O–H groups in total. The second kappa shape index (κ2) is 6.48. The van der Waals surface area contributed by atoms with E-state index in [0.29, 0.717) is 11.3 Å². The molecule has 1 aromatic rings. The van der Waals surface area contributed by atoms with Gasteiger partial charge < -0.3 is 15.8 Å². The topological polar surface area (TPSA) is 64.3 Å². The summed E-state index contributed by atoms with van der Waals surface area (Å²) in [5.74, 6) is -0.715. The molecule has 0 saturated heterocycles. The lowest BCUT2D eigenvalue weighted by Crippen LogP contribution is -2.25. The quantitative estimate of drug-likeness (QED) is 0.813. The zero-order valence-corrected chi connectivity index (χ0v) is 10.5. The van der Waals surface area contributed by atoms with Crippen molar-refractivity contribution in [3.05, 3.63) is 29.8 Å². The standard InChI is InChI=1S/C11H11F3N2O2S/c12-11(13,14)6-18-5-9(17)16-8-4-2-1-3-7(8)10(15)19/h1-4H,5-6H2,(H2,15,19)(H,16,17). The highest BCUT2D eigenvalue weighted by Gasteiger charge is 2.27. The van der Waals surface area contributed by atoms with Gasteiger partial charge in [-0.25, -0.2) is 0 Å². The number of amides is 1. The fraction of sp³-hybridized carbons (Fsp3) is 0.273. The van der Waals surface area contributed by atoms with Gasteiger partial charge in [0.1, 0.15) is 18.2 Å². The minimum Gasteiger partial charge on any atom is -0.389 e. The van der Waals surface area contributed by atoms with Crippen molar-refractivity contribution in [2.45, 2.75) is 6.18 Å². The first kappa shape index (κ1) is 15.4. The maximum absolute atomic E-state index is 11.8. The average Bonchev–Trinajstić information content (AvgIpc) is 2.27. The molecular weight excluding hydrogens is 281 g/mol. The van der Waals surface area contributed by atoms with Gasteiger partial charge in [-0.05, 0) is 12.1 Å². The van der Waals surface area contributed by atoms with E-state index in [-0.39, 0.29) is 4.99 Å². The highest BCUT2D eigenvalue weighted by molar-refractivity contribution is 7.80. The summed E-state index contributed by atoms with van der Waals surface area (Å²) in [6.45, 7) is -2.18. The molecule has 0 bridgehead atoms. The summed E-state index contributed by atoms with van der Waals surface area (Å²) >= 11 is 4.79. The number of hydrogen-bond acceptors (Lipinski definition) is 3. The van der Waals surface area contributed by atoms with E-state index in [1.165, 1.54) is 6.07 Å². The number of benzene rings is 1. The smallest absolute Gasteiger partial charge is 0.389 e. The molecule has 1 aromatic carbocycles. The van der Waals surface area contributed by atoms with E-state index >= 15 is 0 Å². The molecule has 0 fully saturated rings. The number of hydrogen-bond donors (Lipinski definition) is 2. The van der Waals surface area contributed by atoms with Crippen LogP contribution in [0.4, 0.5) is 18.9 Å². The number of ether oxygens (including phenoxy) is 1. The first-order chi connectivity index (χ1) is 8.79. The Hall–Kier alpha value is -1.67. The van der Waals surface area contributed by atoms with Gasteiger partial charge in [0.25, 0.3) is 0 Å². The van der Waals surface area contributed by atoms with Crippen LogP contribution in [0.5, 0.6) is 0 Å². The number of anilines is 1. The lowest BCUT2D eigenvalue weighted by Gasteiger charge is -2.11. The Labute approximate surface area is 112 Å². The van der Waals surface area contributed by atoms with Gasteiger partial charge in [-0.2, -0.15) is 13.2 Å². The summed E-state index contributed by atoms with van der Waals surface area (Å²) in [4.78, 5) is 11.5. The Morgan fingerprint density at radius 1 is 1.37 bits per heavy atom. The molecule has 19 heavy (non-hydrogen) atoms. The van der Waals surface area contributed by atoms with Crippen LogP contribution >= 0.6 is 12.2 Å². The molecule has 4 nitrogen and oxygen atoms in total. The van der Waals surface area contributed by atoms with Crippen LogP contribution < -0.4 is 11.1 Å². The van der Waals surface area contributed by atoms with Crippen LogP contribution in [-0.4, -0.2) is 30.3 Å². The van der Waals surface area contributed by atoms with Crippen molar-refractivity contribution in [3.8, 4) is 0 Å². The first-order valence-corrected chi connectivity index (χ1v) is 5.53. The van der Waals surface area contributed by atoms with E-state index in [4.69, 9.17) is 18.0 Å². The summed E-state index contributed by atoms with van der Waals surface area (Å²) in [7, 11) is 0. The molecule has 1 rings (SSSR count). The van der Waals surface area contributed by atoms with Crippen LogP contribution in [0.15, 0.2) is 24.3 Å². The zero-order chi connectivity index (χ0) is 14.5. The molecule has 0 saturated carbocycles.